The molecule has 0 saturated heterocycles. The Labute approximate surface area is 123 Å². The van der Waals surface area contributed by atoms with Gasteiger partial charge in [0.1, 0.15) is 17.4 Å². The molecule has 0 radical (unpaired) electrons. The van der Waals surface area contributed by atoms with Gasteiger partial charge in [-0.05, 0) is 43.0 Å². The molecule has 1 aromatic carbocycles. The minimum absolute atomic E-state index is 0.290. The van der Waals surface area contributed by atoms with E-state index in [1.54, 1.807) is 12.1 Å². The van der Waals surface area contributed by atoms with E-state index in [0.717, 1.165) is 16.8 Å². The van der Waals surface area contributed by atoms with Gasteiger partial charge in [0.2, 0.25) is 0 Å². The van der Waals surface area contributed by atoms with Crippen molar-refractivity contribution in [2.45, 2.75) is 33.6 Å². The minimum atomic E-state index is -0.377. The summed E-state index contributed by atoms with van der Waals surface area (Å²) < 4.78 is 13.9. The van der Waals surface area contributed by atoms with Gasteiger partial charge in [-0.3, -0.25) is 0 Å². The molecule has 4 nitrogen and oxygen atoms in total. The van der Waals surface area contributed by atoms with Gasteiger partial charge >= 0.3 is 0 Å². The van der Waals surface area contributed by atoms with E-state index >= 15 is 0 Å². The smallest absolute Gasteiger partial charge is 0.171 e. The molecule has 0 fully saturated rings. The van der Waals surface area contributed by atoms with Crippen LogP contribution in [0.25, 0.3) is 0 Å². The van der Waals surface area contributed by atoms with Crippen LogP contribution in [-0.4, -0.2) is 10.2 Å². The third kappa shape index (κ3) is 3.00. The zero-order chi connectivity index (χ0) is 15.4. The van der Waals surface area contributed by atoms with Crippen molar-refractivity contribution in [1.82, 2.24) is 10.2 Å². The highest BCUT2D eigenvalue weighted by Gasteiger charge is 2.15. The first kappa shape index (κ1) is 14.9. The maximum atomic E-state index is 13.9. The predicted octanol–water partition coefficient (Wildman–Crippen LogP) is 3.66. The number of aryl methyl sites for hydroxylation is 2. The highest BCUT2D eigenvalue weighted by molar-refractivity contribution is 5.65. The van der Waals surface area contributed by atoms with Gasteiger partial charge in [-0.15, -0.1) is 5.10 Å². The van der Waals surface area contributed by atoms with E-state index in [1.807, 2.05) is 20.8 Å². The lowest BCUT2D eigenvalue weighted by molar-refractivity contribution is 0.630. The first-order valence-corrected chi connectivity index (χ1v) is 6.92. The number of halogens is 1. The van der Waals surface area contributed by atoms with Crippen LogP contribution in [0.1, 0.15) is 36.2 Å². The van der Waals surface area contributed by atoms with Crippen molar-refractivity contribution in [2.24, 2.45) is 0 Å². The first-order chi connectivity index (χ1) is 10.1. The van der Waals surface area contributed by atoms with Crippen molar-refractivity contribution in [3.8, 4) is 6.07 Å². The van der Waals surface area contributed by atoms with Crippen LogP contribution >= 0.6 is 0 Å². The number of nitrogens with one attached hydrogen (secondary N) is 1. The largest absolute Gasteiger partial charge is 0.335 e. The second-order valence-electron chi connectivity index (χ2n) is 4.78. The number of hydrogen-bond donors (Lipinski definition) is 1. The van der Waals surface area contributed by atoms with Crippen LogP contribution in [0.15, 0.2) is 18.2 Å². The highest BCUT2D eigenvalue weighted by atomic mass is 19.1. The van der Waals surface area contributed by atoms with Crippen molar-refractivity contribution in [1.29, 1.82) is 5.26 Å². The predicted molar refractivity (Wildman–Crippen MR) is 79.9 cm³/mol. The summed E-state index contributed by atoms with van der Waals surface area (Å²) in [5.74, 6) is -0.0763. The maximum absolute atomic E-state index is 13.9. The SMILES string of the molecule is CCc1nnc(Nc2ccc(C)cc2F)c(C#N)c1CC. The Hall–Kier alpha value is -2.48. The van der Waals surface area contributed by atoms with Gasteiger partial charge in [0, 0.05) is 0 Å². The van der Waals surface area contributed by atoms with Crippen molar-refractivity contribution >= 4 is 11.5 Å². The van der Waals surface area contributed by atoms with Crippen molar-refractivity contribution in [2.75, 3.05) is 5.32 Å². The Morgan fingerprint density at radius 3 is 2.57 bits per heavy atom. The Balaban J connectivity index is 2.47. The third-order valence-corrected chi connectivity index (χ3v) is 3.34. The maximum Gasteiger partial charge on any atom is 0.171 e. The summed E-state index contributed by atoms with van der Waals surface area (Å²) >= 11 is 0. The molecule has 0 aliphatic heterocycles. The molecule has 0 bridgehead atoms. The van der Waals surface area contributed by atoms with Crippen LogP contribution < -0.4 is 5.32 Å². The summed E-state index contributed by atoms with van der Waals surface area (Å²) in [4.78, 5) is 0. The van der Waals surface area contributed by atoms with Gasteiger partial charge < -0.3 is 5.32 Å². The zero-order valence-corrected chi connectivity index (χ0v) is 12.4. The summed E-state index contributed by atoms with van der Waals surface area (Å²) in [6, 6.07) is 7.02. The van der Waals surface area contributed by atoms with Crippen LogP contribution in [-0.2, 0) is 12.8 Å². The van der Waals surface area contributed by atoms with Crippen molar-refractivity contribution in [3.63, 3.8) is 0 Å². The third-order valence-electron chi connectivity index (χ3n) is 3.34. The lowest BCUT2D eigenvalue weighted by Gasteiger charge is -2.12. The number of benzene rings is 1. The van der Waals surface area contributed by atoms with E-state index in [1.165, 1.54) is 6.07 Å². The second-order valence-corrected chi connectivity index (χ2v) is 4.78. The molecule has 0 spiro atoms. The van der Waals surface area contributed by atoms with E-state index in [-0.39, 0.29) is 11.5 Å². The van der Waals surface area contributed by atoms with Crippen LogP contribution in [0.3, 0.4) is 0 Å². The van der Waals surface area contributed by atoms with Crippen LogP contribution in [0.2, 0.25) is 0 Å². The fourth-order valence-corrected chi connectivity index (χ4v) is 2.23. The fraction of sp³-hybridized carbons (Fsp3) is 0.312. The molecule has 2 aromatic rings. The Bertz CT molecular complexity index is 704. The molecule has 0 aliphatic rings. The molecule has 0 saturated carbocycles. The molecule has 0 unspecified atom stereocenters. The van der Waals surface area contributed by atoms with E-state index in [0.29, 0.717) is 24.2 Å². The molecule has 1 aromatic heterocycles. The Morgan fingerprint density at radius 1 is 1.24 bits per heavy atom. The number of aromatic nitrogens is 2. The number of hydrogen-bond acceptors (Lipinski definition) is 4. The van der Waals surface area contributed by atoms with Crippen LogP contribution in [0, 0.1) is 24.1 Å². The molecular weight excluding hydrogens is 267 g/mol. The highest BCUT2D eigenvalue weighted by Crippen LogP contribution is 2.25. The number of anilines is 2. The fourth-order valence-electron chi connectivity index (χ4n) is 2.23. The van der Waals surface area contributed by atoms with E-state index in [4.69, 9.17) is 0 Å². The lowest BCUT2D eigenvalue weighted by atomic mass is 10.0. The van der Waals surface area contributed by atoms with Gasteiger partial charge in [-0.2, -0.15) is 10.4 Å². The molecule has 5 heteroatoms. The average molecular weight is 284 g/mol. The zero-order valence-electron chi connectivity index (χ0n) is 12.4. The van der Waals surface area contributed by atoms with Crippen LogP contribution in [0.4, 0.5) is 15.9 Å². The van der Waals surface area contributed by atoms with E-state index < -0.39 is 0 Å². The second kappa shape index (κ2) is 6.31. The minimum Gasteiger partial charge on any atom is -0.335 e. The van der Waals surface area contributed by atoms with Gasteiger partial charge in [0.15, 0.2) is 5.82 Å². The molecule has 1 N–H and O–H groups in total. The van der Waals surface area contributed by atoms with Gasteiger partial charge in [-0.1, -0.05) is 19.9 Å². The van der Waals surface area contributed by atoms with Gasteiger partial charge in [-0.25, -0.2) is 4.39 Å². The molecule has 21 heavy (non-hydrogen) atoms. The number of nitriles is 1. The molecule has 0 atom stereocenters. The first-order valence-electron chi connectivity index (χ1n) is 6.92. The summed E-state index contributed by atoms with van der Waals surface area (Å²) in [5.41, 5.74) is 3.23. The Morgan fingerprint density at radius 2 is 2.00 bits per heavy atom. The summed E-state index contributed by atoms with van der Waals surface area (Å²) in [5, 5.41) is 20.4. The lowest BCUT2D eigenvalue weighted by Crippen LogP contribution is -2.08. The van der Waals surface area contributed by atoms with Crippen molar-refractivity contribution < 1.29 is 4.39 Å². The molecule has 0 aliphatic carbocycles. The normalized spacial score (nSPS) is 10.2. The monoisotopic (exact) mass is 284 g/mol. The summed E-state index contributed by atoms with van der Waals surface area (Å²) in [6.07, 6.45) is 1.40. The number of rotatable bonds is 4. The van der Waals surface area contributed by atoms with Crippen LogP contribution in [0.5, 0.6) is 0 Å². The van der Waals surface area contributed by atoms with E-state index in [2.05, 4.69) is 21.6 Å². The molecule has 108 valence electrons. The van der Waals surface area contributed by atoms with E-state index in [9.17, 15) is 9.65 Å². The van der Waals surface area contributed by atoms with Gasteiger partial charge in [0.25, 0.3) is 0 Å². The topological polar surface area (TPSA) is 61.6 Å². The Kier molecular flexibility index (Phi) is 4.49. The quantitative estimate of drug-likeness (QED) is 0.930. The standard InChI is InChI=1S/C16H17FN4/c1-4-11-12(9-18)16(21-20-14(11)5-2)19-15-7-6-10(3)8-13(15)17/h6-8H,4-5H2,1-3H3,(H,19,21). The summed E-state index contributed by atoms with van der Waals surface area (Å²) in [6.45, 7) is 5.75. The van der Waals surface area contributed by atoms with Crippen molar-refractivity contribution in [3.05, 3.63) is 46.4 Å². The summed E-state index contributed by atoms with van der Waals surface area (Å²) in [7, 11) is 0. The van der Waals surface area contributed by atoms with Gasteiger partial charge in [0.05, 0.1) is 11.4 Å². The molecule has 1 heterocycles. The molecule has 0 amide bonds. The molecular formula is C16H17FN4. The average Bonchev–Trinajstić information content (AvgIpc) is 2.49. The molecule has 2 rings (SSSR count). The number of nitrogens with zero attached hydrogens (tertiary/aromatic N) is 3.